The van der Waals surface area contributed by atoms with Gasteiger partial charge in [-0.15, -0.1) is 13.2 Å². The molecule has 3 atom stereocenters. The predicted molar refractivity (Wildman–Crippen MR) is 83.6 cm³/mol. The zero-order chi connectivity index (χ0) is 14.1. The molecule has 1 heteroatoms. The predicted octanol–water partition coefficient (Wildman–Crippen LogP) is 5.03. The summed E-state index contributed by atoms with van der Waals surface area (Å²) >= 11 is 0. The van der Waals surface area contributed by atoms with Crippen molar-refractivity contribution in [3.63, 3.8) is 0 Å². The highest BCUT2D eigenvalue weighted by atomic mass is 15.2. The quantitative estimate of drug-likeness (QED) is 0.491. The smallest absolute Gasteiger partial charge is 0.0492 e. The van der Waals surface area contributed by atoms with E-state index in [4.69, 9.17) is 0 Å². The Morgan fingerprint density at radius 1 is 1.17 bits per heavy atom. The summed E-state index contributed by atoms with van der Waals surface area (Å²) in [5.74, 6) is 0.946. The van der Waals surface area contributed by atoms with Crippen molar-refractivity contribution in [3.05, 3.63) is 37.6 Å². The summed E-state index contributed by atoms with van der Waals surface area (Å²) in [7, 11) is 0. The maximum absolute atomic E-state index is 4.24. The Balaban J connectivity index is 4.80. The third kappa shape index (κ3) is 4.72. The lowest BCUT2D eigenvalue weighted by atomic mass is 9.93. The molecular formula is C17H31N. The molecule has 0 aliphatic carbocycles. The molecule has 0 saturated heterocycles. The fraction of sp³-hybridized carbons (Fsp3) is 0.647. The third-order valence-corrected chi connectivity index (χ3v) is 3.79. The topological polar surface area (TPSA) is 3.24 Å². The normalized spacial score (nSPS) is 15.6. The molecule has 0 radical (unpaired) electrons. The van der Waals surface area contributed by atoms with Gasteiger partial charge in [0, 0.05) is 24.2 Å². The molecule has 0 amide bonds. The van der Waals surface area contributed by atoms with Crippen LogP contribution >= 0.6 is 0 Å². The molecule has 18 heavy (non-hydrogen) atoms. The summed E-state index contributed by atoms with van der Waals surface area (Å²) in [5.41, 5.74) is 1.15. The highest BCUT2D eigenvalue weighted by Crippen LogP contribution is 2.25. The van der Waals surface area contributed by atoms with Gasteiger partial charge in [-0.2, -0.15) is 0 Å². The average Bonchev–Trinajstić information content (AvgIpc) is 2.40. The lowest BCUT2D eigenvalue weighted by Gasteiger charge is -2.37. The van der Waals surface area contributed by atoms with Gasteiger partial charge in [-0.3, -0.25) is 0 Å². The molecular weight excluding hydrogens is 218 g/mol. The minimum Gasteiger partial charge on any atom is -0.368 e. The first-order valence-electron chi connectivity index (χ1n) is 7.23. The molecule has 0 spiro atoms. The molecule has 0 aromatic heterocycles. The van der Waals surface area contributed by atoms with Crippen LogP contribution < -0.4 is 0 Å². The van der Waals surface area contributed by atoms with Gasteiger partial charge in [0.1, 0.15) is 0 Å². The van der Waals surface area contributed by atoms with Crippen molar-refractivity contribution in [1.82, 2.24) is 4.90 Å². The second-order valence-electron chi connectivity index (χ2n) is 5.15. The van der Waals surface area contributed by atoms with E-state index in [1.807, 2.05) is 6.08 Å². The SMILES string of the molecule is C=CC(C)C(=C)N(CC)C(C=C)C(C)CCCC. The Kier molecular flexibility index (Phi) is 8.53. The molecule has 0 aromatic rings. The molecule has 0 bridgehead atoms. The Bertz CT molecular complexity index is 267. The lowest BCUT2D eigenvalue weighted by Crippen LogP contribution is -2.38. The minimum absolute atomic E-state index is 0.325. The molecule has 0 aliphatic heterocycles. The number of hydrogen-bond donors (Lipinski definition) is 0. The first-order valence-corrected chi connectivity index (χ1v) is 7.23. The number of allylic oxidation sites excluding steroid dienone is 1. The Labute approximate surface area is 114 Å². The van der Waals surface area contributed by atoms with Crippen molar-refractivity contribution in [3.8, 4) is 0 Å². The molecule has 0 fully saturated rings. The zero-order valence-corrected chi connectivity index (χ0v) is 12.8. The van der Waals surface area contributed by atoms with Gasteiger partial charge in [0.25, 0.3) is 0 Å². The van der Waals surface area contributed by atoms with Crippen LogP contribution in [0.3, 0.4) is 0 Å². The van der Waals surface area contributed by atoms with Crippen LogP contribution in [0.1, 0.15) is 47.0 Å². The summed E-state index contributed by atoms with van der Waals surface area (Å²) in [4.78, 5) is 2.37. The van der Waals surface area contributed by atoms with E-state index in [0.29, 0.717) is 17.9 Å². The van der Waals surface area contributed by atoms with Gasteiger partial charge >= 0.3 is 0 Å². The van der Waals surface area contributed by atoms with Crippen molar-refractivity contribution in [2.24, 2.45) is 11.8 Å². The highest BCUT2D eigenvalue weighted by molar-refractivity contribution is 5.10. The van der Waals surface area contributed by atoms with Gasteiger partial charge < -0.3 is 4.90 Å². The number of rotatable bonds is 10. The highest BCUT2D eigenvalue weighted by Gasteiger charge is 2.22. The largest absolute Gasteiger partial charge is 0.368 e. The van der Waals surface area contributed by atoms with Crippen molar-refractivity contribution in [2.45, 2.75) is 53.0 Å². The fourth-order valence-corrected chi connectivity index (χ4v) is 2.37. The van der Waals surface area contributed by atoms with Crippen LogP contribution in [0, 0.1) is 11.8 Å². The first kappa shape index (κ1) is 17.0. The van der Waals surface area contributed by atoms with E-state index in [1.54, 1.807) is 0 Å². The molecule has 0 rings (SSSR count). The second kappa shape index (κ2) is 9.02. The van der Waals surface area contributed by atoms with Crippen molar-refractivity contribution < 1.29 is 0 Å². The summed E-state index contributed by atoms with van der Waals surface area (Å²) in [5, 5.41) is 0. The first-order chi connectivity index (χ1) is 8.53. The van der Waals surface area contributed by atoms with Gasteiger partial charge in [0.2, 0.25) is 0 Å². The van der Waals surface area contributed by atoms with Crippen molar-refractivity contribution >= 4 is 0 Å². The summed E-state index contributed by atoms with van der Waals surface area (Å²) in [6.07, 6.45) is 7.82. The summed E-state index contributed by atoms with van der Waals surface area (Å²) < 4.78 is 0. The average molecular weight is 249 g/mol. The fourth-order valence-electron chi connectivity index (χ4n) is 2.37. The van der Waals surface area contributed by atoms with E-state index < -0.39 is 0 Å². The lowest BCUT2D eigenvalue weighted by molar-refractivity contribution is 0.219. The molecule has 1 nitrogen and oxygen atoms in total. The van der Waals surface area contributed by atoms with Crippen LogP contribution in [0.5, 0.6) is 0 Å². The molecule has 0 aliphatic rings. The zero-order valence-electron chi connectivity index (χ0n) is 12.8. The number of nitrogens with zero attached hydrogens (tertiary/aromatic N) is 1. The van der Waals surface area contributed by atoms with E-state index in [0.717, 1.165) is 12.2 Å². The van der Waals surface area contributed by atoms with Gasteiger partial charge in [0.05, 0.1) is 0 Å². The van der Waals surface area contributed by atoms with Crippen LogP contribution in [0.4, 0.5) is 0 Å². The Morgan fingerprint density at radius 2 is 1.78 bits per heavy atom. The number of likely N-dealkylation sites (N-methyl/N-ethyl adjacent to an activating group) is 1. The Hall–Kier alpha value is -0.980. The summed E-state index contributed by atoms with van der Waals surface area (Å²) in [6.45, 7) is 22.0. The maximum atomic E-state index is 4.24. The number of unbranched alkanes of at least 4 members (excludes halogenated alkanes) is 1. The van der Waals surface area contributed by atoms with Crippen molar-refractivity contribution in [2.75, 3.05) is 6.54 Å². The molecule has 0 aromatic carbocycles. The molecule has 0 N–H and O–H groups in total. The summed E-state index contributed by atoms with van der Waals surface area (Å²) in [6, 6.07) is 0.386. The van der Waals surface area contributed by atoms with Gasteiger partial charge in [0.15, 0.2) is 0 Å². The second-order valence-corrected chi connectivity index (χ2v) is 5.15. The Morgan fingerprint density at radius 3 is 2.17 bits per heavy atom. The minimum atomic E-state index is 0.325. The van der Waals surface area contributed by atoms with E-state index in [2.05, 4.69) is 58.4 Å². The molecule has 0 heterocycles. The van der Waals surface area contributed by atoms with Crippen molar-refractivity contribution in [1.29, 1.82) is 0 Å². The molecule has 0 saturated carbocycles. The number of hydrogen-bond acceptors (Lipinski definition) is 1. The van der Waals surface area contributed by atoms with Crippen LogP contribution in [0.25, 0.3) is 0 Å². The van der Waals surface area contributed by atoms with E-state index in [1.165, 1.54) is 19.3 Å². The monoisotopic (exact) mass is 249 g/mol. The van der Waals surface area contributed by atoms with Crippen LogP contribution in [0.15, 0.2) is 37.6 Å². The van der Waals surface area contributed by atoms with Crippen LogP contribution in [0.2, 0.25) is 0 Å². The van der Waals surface area contributed by atoms with Gasteiger partial charge in [-0.1, -0.05) is 52.3 Å². The molecule has 104 valence electrons. The molecule has 3 unspecified atom stereocenters. The standard InChI is InChI=1S/C17H31N/c1-8-12-13-15(6)17(10-3)18(11-4)16(7)14(5)9-2/h9-10,14-15,17H,2-3,7-8,11-13H2,1,4-6H3. The van der Waals surface area contributed by atoms with Gasteiger partial charge in [-0.05, 0) is 19.3 Å². The van der Waals surface area contributed by atoms with E-state index in [9.17, 15) is 0 Å². The van der Waals surface area contributed by atoms with E-state index in [-0.39, 0.29) is 0 Å². The van der Waals surface area contributed by atoms with Crippen LogP contribution in [-0.2, 0) is 0 Å². The van der Waals surface area contributed by atoms with E-state index >= 15 is 0 Å². The maximum Gasteiger partial charge on any atom is 0.0492 e. The van der Waals surface area contributed by atoms with Gasteiger partial charge in [-0.25, -0.2) is 0 Å². The van der Waals surface area contributed by atoms with Crippen LogP contribution in [-0.4, -0.2) is 17.5 Å². The third-order valence-electron chi connectivity index (χ3n) is 3.79.